The van der Waals surface area contributed by atoms with Gasteiger partial charge in [0, 0.05) is 6.20 Å². The molecule has 0 bridgehead atoms. The molecule has 0 atom stereocenters. The lowest BCUT2D eigenvalue weighted by Crippen LogP contribution is -2.18. The summed E-state index contributed by atoms with van der Waals surface area (Å²) >= 11 is 0. The topological polar surface area (TPSA) is 74.9 Å². The van der Waals surface area contributed by atoms with E-state index in [1.54, 1.807) is 33.8 Å². The van der Waals surface area contributed by atoms with Crippen LogP contribution >= 0.6 is 0 Å². The van der Waals surface area contributed by atoms with Crippen molar-refractivity contribution in [2.24, 2.45) is 5.16 Å². The number of halogens is 1. The van der Waals surface area contributed by atoms with Crippen LogP contribution in [0.15, 0.2) is 35.6 Å². The average molecular weight is 318 g/mol. The summed E-state index contributed by atoms with van der Waals surface area (Å²) in [6, 6.07) is 5.41. The van der Waals surface area contributed by atoms with Crippen LogP contribution in [0.3, 0.4) is 0 Å². The molecule has 2 N–H and O–H groups in total. The van der Waals surface area contributed by atoms with E-state index in [1.165, 1.54) is 18.3 Å². The van der Waals surface area contributed by atoms with Crippen LogP contribution in [0.1, 0.15) is 37.6 Å². The second-order valence-electron chi connectivity index (χ2n) is 6.13. The summed E-state index contributed by atoms with van der Waals surface area (Å²) in [6.45, 7) is 6.92. The Kier molecular flexibility index (Phi) is 4.54. The van der Waals surface area contributed by atoms with E-state index < -0.39 is 11.4 Å². The monoisotopic (exact) mass is 318 g/mol. The van der Waals surface area contributed by atoms with Crippen LogP contribution in [0.5, 0.6) is 11.5 Å². The fourth-order valence-electron chi connectivity index (χ4n) is 1.84. The fraction of sp³-hybridized carbons (Fsp3) is 0.294. The predicted molar refractivity (Wildman–Crippen MR) is 85.2 cm³/mol. The average Bonchev–Trinajstić information content (AvgIpc) is 2.45. The van der Waals surface area contributed by atoms with Gasteiger partial charge in [-0.15, -0.1) is 0 Å². The summed E-state index contributed by atoms with van der Waals surface area (Å²) in [5.41, 5.74) is -0.0715. The maximum absolute atomic E-state index is 13.9. The summed E-state index contributed by atoms with van der Waals surface area (Å²) < 4.78 is 13.9. The zero-order chi connectivity index (χ0) is 17.2. The number of phenols is 1. The van der Waals surface area contributed by atoms with Gasteiger partial charge in [0.2, 0.25) is 0 Å². The molecule has 2 aromatic rings. The molecule has 122 valence electrons. The molecule has 6 heteroatoms. The van der Waals surface area contributed by atoms with Crippen molar-refractivity contribution in [3.63, 3.8) is 0 Å². The Bertz CT molecular complexity index is 752. The minimum absolute atomic E-state index is 0.0504. The first kappa shape index (κ1) is 16.7. The van der Waals surface area contributed by atoms with Crippen molar-refractivity contribution in [1.29, 1.82) is 0 Å². The largest absolute Gasteiger partial charge is 0.507 e. The Morgan fingerprint density at radius 3 is 2.52 bits per heavy atom. The summed E-state index contributed by atoms with van der Waals surface area (Å²) in [4.78, 5) is 9.44. The van der Waals surface area contributed by atoms with E-state index >= 15 is 0 Å². The number of hydrogen-bond acceptors (Lipinski definition) is 5. The summed E-state index contributed by atoms with van der Waals surface area (Å²) in [5.74, 6) is -0.828. The van der Waals surface area contributed by atoms with Gasteiger partial charge >= 0.3 is 0 Å². The van der Waals surface area contributed by atoms with Crippen molar-refractivity contribution >= 4 is 5.71 Å². The molecule has 0 radical (unpaired) electrons. The van der Waals surface area contributed by atoms with Crippen LogP contribution in [-0.4, -0.2) is 26.5 Å². The van der Waals surface area contributed by atoms with E-state index in [4.69, 9.17) is 4.84 Å². The first-order valence-corrected chi connectivity index (χ1v) is 7.09. The van der Waals surface area contributed by atoms with Gasteiger partial charge in [0.25, 0.3) is 0 Å². The van der Waals surface area contributed by atoms with Gasteiger partial charge in [-0.05, 0) is 57.5 Å². The molecule has 0 amide bonds. The Morgan fingerprint density at radius 2 is 1.91 bits per heavy atom. The van der Waals surface area contributed by atoms with Crippen molar-refractivity contribution in [1.82, 2.24) is 4.98 Å². The quantitative estimate of drug-likeness (QED) is 0.671. The first-order chi connectivity index (χ1) is 10.7. The summed E-state index contributed by atoms with van der Waals surface area (Å²) in [6.07, 6.45) is 1.46. The van der Waals surface area contributed by atoms with E-state index in [0.717, 1.165) is 6.07 Å². The molecule has 0 aliphatic carbocycles. The van der Waals surface area contributed by atoms with Crippen molar-refractivity contribution in [2.45, 2.75) is 33.3 Å². The zero-order valence-corrected chi connectivity index (χ0v) is 13.5. The third kappa shape index (κ3) is 3.97. The lowest BCUT2D eigenvalue weighted by Gasteiger charge is -2.18. The second-order valence-corrected chi connectivity index (χ2v) is 6.13. The lowest BCUT2D eigenvalue weighted by atomic mass is 10.0. The lowest BCUT2D eigenvalue weighted by molar-refractivity contribution is 0.00108. The minimum Gasteiger partial charge on any atom is -0.507 e. The SMILES string of the molecule is Cc1cc(O)c(/C(=N/OC(C)(C)C)c2ncccc2O)cc1F. The predicted octanol–water partition coefficient (Wildman–Crippen LogP) is 3.51. The summed E-state index contributed by atoms with van der Waals surface area (Å²) in [7, 11) is 0. The normalized spacial score (nSPS) is 12.3. The van der Waals surface area contributed by atoms with Gasteiger partial charge in [0.1, 0.15) is 34.3 Å². The van der Waals surface area contributed by atoms with Gasteiger partial charge in [-0.3, -0.25) is 4.98 Å². The number of pyridine rings is 1. The molecular weight excluding hydrogens is 299 g/mol. The van der Waals surface area contributed by atoms with Crippen LogP contribution in [0.2, 0.25) is 0 Å². The molecule has 0 fully saturated rings. The molecular formula is C17H19FN2O3. The van der Waals surface area contributed by atoms with Gasteiger partial charge in [0.15, 0.2) is 0 Å². The third-order valence-corrected chi connectivity index (χ3v) is 2.95. The molecule has 0 saturated heterocycles. The Balaban J connectivity index is 2.64. The molecule has 23 heavy (non-hydrogen) atoms. The third-order valence-electron chi connectivity index (χ3n) is 2.95. The highest BCUT2D eigenvalue weighted by atomic mass is 19.1. The Hall–Kier alpha value is -2.63. The number of phenolic OH excluding ortho intramolecular Hbond substituents is 1. The van der Waals surface area contributed by atoms with Gasteiger partial charge in [-0.25, -0.2) is 4.39 Å². The number of benzene rings is 1. The highest BCUT2D eigenvalue weighted by molar-refractivity contribution is 6.14. The first-order valence-electron chi connectivity index (χ1n) is 7.09. The highest BCUT2D eigenvalue weighted by Crippen LogP contribution is 2.27. The van der Waals surface area contributed by atoms with Gasteiger partial charge < -0.3 is 15.1 Å². The van der Waals surface area contributed by atoms with E-state index in [9.17, 15) is 14.6 Å². The Morgan fingerprint density at radius 1 is 1.22 bits per heavy atom. The molecule has 1 aromatic carbocycles. The number of aromatic nitrogens is 1. The number of nitrogens with zero attached hydrogens (tertiary/aromatic N) is 2. The van der Waals surface area contributed by atoms with Crippen molar-refractivity contribution in [3.8, 4) is 11.5 Å². The molecule has 1 aromatic heterocycles. The second kappa shape index (κ2) is 6.24. The van der Waals surface area contributed by atoms with Gasteiger partial charge in [-0.2, -0.15) is 0 Å². The van der Waals surface area contributed by atoms with Gasteiger partial charge in [0.05, 0.1) is 5.56 Å². The summed E-state index contributed by atoms with van der Waals surface area (Å²) in [5, 5.41) is 24.2. The molecule has 0 unspecified atom stereocenters. The zero-order valence-electron chi connectivity index (χ0n) is 13.5. The Labute approximate surface area is 134 Å². The minimum atomic E-state index is -0.603. The van der Waals surface area contributed by atoms with E-state index in [2.05, 4.69) is 10.1 Å². The van der Waals surface area contributed by atoms with Crippen molar-refractivity contribution < 1.29 is 19.4 Å². The number of aryl methyl sites for hydroxylation is 1. The van der Waals surface area contributed by atoms with Gasteiger partial charge in [-0.1, -0.05) is 5.16 Å². The molecule has 0 saturated carbocycles. The van der Waals surface area contributed by atoms with Crippen molar-refractivity contribution in [2.75, 3.05) is 0 Å². The molecule has 0 aliphatic rings. The van der Waals surface area contributed by atoms with Crippen LogP contribution < -0.4 is 0 Å². The molecule has 0 spiro atoms. The van der Waals surface area contributed by atoms with E-state index in [1.807, 2.05) is 0 Å². The molecule has 5 nitrogen and oxygen atoms in total. The highest BCUT2D eigenvalue weighted by Gasteiger charge is 2.21. The number of hydrogen-bond donors (Lipinski definition) is 2. The van der Waals surface area contributed by atoms with E-state index in [-0.39, 0.29) is 28.5 Å². The molecule has 0 aliphatic heterocycles. The molecule has 2 rings (SSSR count). The molecule has 1 heterocycles. The maximum Gasteiger partial charge on any atom is 0.143 e. The fourth-order valence-corrected chi connectivity index (χ4v) is 1.84. The standard InChI is InChI=1S/C17H19FN2O3/c1-10-8-14(22)11(9-12(10)18)15(20-23-17(2,3)4)16-13(21)6-5-7-19-16/h5-9,21-22H,1-4H3/b20-15-. The number of rotatable bonds is 3. The van der Waals surface area contributed by atoms with Crippen LogP contribution in [-0.2, 0) is 4.84 Å². The smallest absolute Gasteiger partial charge is 0.143 e. The van der Waals surface area contributed by atoms with Crippen LogP contribution in [0.25, 0.3) is 0 Å². The number of aromatic hydroxyl groups is 2. The maximum atomic E-state index is 13.9. The van der Waals surface area contributed by atoms with Crippen molar-refractivity contribution in [3.05, 3.63) is 53.1 Å². The van der Waals surface area contributed by atoms with Crippen LogP contribution in [0.4, 0.5) is 4.39 Å². The van der Waals surface area contributed by atoms with E-state index in [0.29, 0.717) is 5.56 Å². The van der Waals surface area contributed by atoms with Crippen LogP contribution in [0, 0.1) is 12.7 Å². The number of oxime groups is 1.